The Morgan fingerprint density at radius 2 is 2.08 bits per heavy atom. The number of aliphatic carboxylic acids is 1. The first-order valence-electron chi connectivity index (χ1n) is 3.43. The second kappa shape index (κ2) is 5.36. The standard InChI is InChI=1S/C6H12N2O4/c1-7-6(12)8-4(2-3-9)5(10)11/h4,9H,2-3H2,1H3,(H,10,11)(H2,7,8,12)/t4-/m0/s1. The molecule has 6 nitrogen and oxygen atoms in total. The number of amides is 2. The van der Waals surface area contributed by atoms with Gasteiger partial charge in [0.15, 0.2) is 0 Å². The zero-order chi connectivity index (χ0) is 9.56. The second-order valence-electron chi connectivity index (χ2n) is 2.13. The number of nitrogens with one attached hydrogen (secondary N) is 2. The van der Waals surface area contributed by atoms with Gasteiger partial charge in [0.1, 0.15) is 6.04 Å². The van der Waals surface area contributed by atoms with Gasteiger partial charge in [-0.15, -0.1) is 0 Å². The molecule has 0 bridgehead atoms. The summed E-state index contributed by atoms with van der Waals surface area (Å²) < 4.78 is 0. The Hall–Kier alpha value is -1.30. The monoisotopic (exact) mass is 176 g/mol. The number of carboxylic acid groups (broad SMARTS) is 1. The number of urea groups is 1. The Labute approximate surface area is 69.6 Å². The largest absolute Gasteiger partial charge is 0.480 e. The van der Waals surface area contributed by atoms with Gasteiger partial charge in [-0.1, -0.05) is 0 Å². The average Bonchev–Trinajstić information content (AvgIpc) is 2.03. The maximum atomic E-state index is 10.6. The van der Waals surface area contributed by atoms with Gasteiger partial charge in [0, 0.05) is 20.1 Å². The minimum atomic E-state index is -1.16. The first kappa shape index (κ1) is 10.7. The summed E-state index contributed by atoms with van der Waals surface area (Å²) in [6, 6.07) is -1.61. The molecule has 2 amide bonds. The summed E-state index contributed by atoms with van der Waals surface area (Å²) in [5, 5.41) is 21.3. The molecule has 0 spiro atoms. The Kier molecular flexibility index (Phi) is 4.78. The van der Waals surface area contributed by atoms with E-state index in [0.717, 1.165) is 0 Å². The topological polar surface area (TPSA) is 98.7 Å². The number of hydrogen-bond donors (Lipinski definition) is 4. The number of rotatable bonds is 4. The van der Waals surface area contributed by atoms with Gasteiger partial charge in [0.05, 0.1) is 0 Å². The highest BCUT2D eigenvalue weighted by atomic mass is 16.4. The van der Waals surface area contributed by atoms with Crippen LogP contribution in [-0.2, 0) is 4.79 Å². The van der Waals surface area contributed by atoms with Crippen molar-refractivity contribution in [1.82, 2.24) is 10.6 Å². The highest BCUT2D eigenvalue weighted by Crippen LogP contribution is 1.90. The highest BCUT2D eigenvalue weighted by Gasteiger charge is 2.17. The van der Waals surface area contributed by atoms with E-state index in [0.29, 0.717) is 0 Å². The molecule has 0 rings (SSSR count). The number of carbonyl (C=O) groups is 2. The van der Waals surface area contributed by atoms with Gasteiger partial charge in [-0.25, -0.2) is 9.59 Å². The molecule has 0 aromatic rings. The van der Waals surface area contributed by atoms with Gasteiger partial charge in [0.2, 0.25) is 0 Å². The van der Waals surface area contributed by atoms with E-state index in [-0.39, 0.29) is 13.0 Å². The van der Waals surface area contributed by atoms with Gasteiger partial charge >= 0.3 is 12.0 Å². The van der Waals surface area contributed by atoms with Crippen LogP contribution >= 0.6 is 0 Å². The van der Waals surface area contributed by atoms with Crippen LogP contribution in [0.15, 0.2) is 0 Å². The molecule has 0 aromatic carbocycles. The lowest BCUT2D eigenvalue weighted by Crippen LogP contribution is -2.45. The van der Waals surface area contributed by atoms with E-state index in [1.807, 2.05) is 0 Å². The van der Waals surface area contributed by atoms with Crippen LogP contribution in [0.4, 0.5) is 4.79 Å². The van der Waals surface area contributed by atoms with Crippen molar-refractivity contribution < 1.29 is 19.8 Å². The smallest absolute Gasteiger partial charge is 0.326 e. The molecule has 0 saturated carbocycles. The van der Waals surface area contributed by atoms with Crippen LogP contribution in [0.1, 0.15) is 6.42 Å². The normalized spacial score (nSPS) is 11.8. The fourth-order valence-electron chi connectivity index (χ4n) is 0.617. The molecule has 12 heavy (non-hydrogen) atoms. The van der Waals surface area contributed by atoms with E-state index in [1.54, 1.807) is 0 Å². The maximum Gasteiger partial charge on any atom is 0.326 e. The molecule has 0 aliphatic carbocycles. The summed E-state index contributed by atoms with van der Waals surface area (Å²) in [6.07, 6.45) is 0.00273. The van der Waals surface area contributed by atoms with Crippen molar-refractivity contribution in [3.63, 3.8) is 0 Å². The molecule has 0 fully saturated rings. The maximum absolute atomic E-state index is 10.6. The third-order valence-electron chi connectivity index (χ3n) is 1.25. The van der Waals surface area contributed by atoms with Crippen LogP contribution in [0.5, 0.6) is 0 Å². The zero-order valence-corrected chi connectivity index (χ0v) is 6.70. The fraction of sp³-hybridized carbons (Fsp3) is 0.667. The molecular weight excluding hydrogens is 164 g/mol. The number of carboxylic acids is 1. The zero-order valence-electron chi connectivity index (χ0n) is 6.70. The van der Waals surface area contributed by atoms with Crippen molar-refractivity contribution >= 4 is 12.0 Å². The Balaban J connectivity index is 3.95. The average molecular weight is 176 g/mol. The lowest BCUT2D eigenvalue weighted by molar-refractivity contribution is -0.139. The lowest BCUT2D eigenvalue weighted by Gasteiger charge is -2.11. The summed E-state index contributed by atoms with van der Waals surface area (Å²) in [7, 11) is 1.38. The van der Waals surface area contributed by atoms with Crippen molar-refractivity contribution in [1.29, 1.82) is 0 Å². The SMILES string of the molecule is CNC(=O)N[C@@H](CCO)C(=O)O. The molecule has 0 heterocycles. The van der Waals surface area contributed by atoms with E-state index in [2.05, 4.69) is 10.6 Å². The Morgan fingerprint density at radius 1 is 1.50 bits per heavy atom. The van der Waals surface area contributed by atoms with Crippen molar-refractivity contribution in [2.24, 2.45) is 0 Å². The first-order valence-corrected chi connectivity index (χ1v) is 3.43. The molecule has 70 valence electrons. The minimum absolute atomic E-state index is 0.00273. The quantitative estimate of drug-likeness (QED) is 0.430. The molecule has 0 aliphatic rings. The molecule has 4 N–H and O–H groups in total. The highest BCUT2D eigenvalue weighted by molar-refractivity contribution is 5.82. The molecule has 0 unspecified atom stereocenters. The molecule has 0 aromatic heterocycles. The Bertz CT molecular complexity index is 169. The van der Waals surface area contributed by atoms with Gasteiger partial charge < -0.3 is 20.8 Å². The van der Waals surface area contributed by atoms with E-state index in [1.165, 1.54) is 7.05 Å². The number of carbonyl (C=O) groups excluding carboxylic acids is 1. The summed E-state index contributed by atoms with van der Waals surface area (Å²) in [6.45, 7) is -0.277. The van der Waals surface area contributed by atoms with E-state index in [9.17, 15) is 9.59 Å². The van der Waals surface area contributed by atoms with Crippen molar-refractivity contribution in [2.45, 2.75) is 12.5 Å². The number of aliphatic hydroxyl groups excluding tert-OH is 1. The summed E-state index contributed by atoms with van der Waals surface area (Å²) in [4.78, 5) is 21.0. The summed E-state index contributed by atoms with van der Waals surface area (Å²) in [5.41, 5.74) is 0. The van der Waals surface area contributed by atoms with E-state index >= 15 is 0 Å². The van der Waals surface area contributed by atoms with Crippen LogP contribution in [0, 0.1) is 0 Å². The van der Waals surface area contributed by atoms with E-state index in [4.69, 9.17) is 10.2 Å². The van der Waals surface area contributed by atoms with Gasteiger partial charge in [0.25, 0.3) is 0 Å². The summed E-state index contributed by atoms with van der Waals surface area (Å²) >= 11 is 0. The van der Waals surface area contributed by atoms with Gasteiger partial charge in [-0.3, -0.25) is 0 Å². The third kappa shape index (κ3) is 3.77. The van der Waals surface area contributed by atoms with Crippen LogP contribution in [-0.4, -0.2) is 41.9 Å². The minimum Gasteiger partial charge on any atom is -0.480 e. The third-order valence-corrected chi connectivity index (χ3v) is 1.25. The second-order valence-corrected chi connectivity index (χ2v) is 2.13. The lowest BCUT2D eigenvalue weighted by atomic mass is 10.2. The van der Waals surface area contributed by atoms with Crippen molar-refractivity contribution in [2.75, 3.05) is 13.7 Å². The summed E-state index contributed by atoms with van der Waals surface area (Å²) in [5.74, 6) is -1.16. The molecule has 0 saturated heterocycles. The van der Waals surface area contributed by atoms with Gasteiger partial charge in [-0.2, -0.15) is 0 Å². The Morgan fingerprint density at radius 3 is 2.42 bits per heavy atom. The fourth-order valence-corrected chi connectivity index (χ4v) is 0.617. The van der Waals surface area contributed by atoms with Crippen molar-refractivity contribution in [3.05, 3.63) is 0 Å². The molecule has 0 radical (unpaired) electrons. The molecule has 6 heteroatoms. The predicted octanol–water partition coefficient (Wildman–Crippen LogP) is -1.25. The molecular formula is C6H12N2O4. The van der Waals surface area contributed by atoms with Crippen molar-refractivity contribution in [3.8, 4) is 0 Å². The van der Waals surface area contributed by atoms with Crippen LogP contribution < -0.4 is 10.6 Å². The van der Waals surface area contributed by atoms with Crippen LogP contribution in [0.3, 0.4) is 0 Å². The molecule has 1 atom stereocenters. The van der Waals surface area contributed by atoms with Gasteiger partial charge in [-0.05, 0) is 0 Å². The molecule has 0 aliphatic heterocycles. The van der Waals surface area contributed by atoms with E-state index < -0.39 is 18.0 Å². The number of aliphatic hydroxyl groups is 1. The first-order chi connectivity index (χ1) is 5.61. The number of hydrogen-bond acceptors (Lipinski definition) is 3. The van der Waals surface area contributed by atoms with Crippen LogP contribution in [0.25, 0.3) is 0 Å². The van der Waals surface area contributed by atoms with Crippen LogP contribution in [0.2, 0.25) is 0 Å². The predicted molar refractivity (Wildman–Crippen MR) is 40.7 cm³/mol.